The predicted octanol–water partition coefficient (Wildman–Crippen LogP) is 3.42. The Balaban J connectivity index is 1.19. The third-order valence-corrected chi connectivity index (χ3v) is 6.63. The maximum absolute atomic E-state index is 11.5. The monoisotopic (exact) mass is 467 g/mol. The molecular weight excluding hydrogens is 442 g/mol. The highest BCUT2D eigenvalue weighted by Gasteiger charge is 2.22. The summed E-state index contributed by atoms with van der Waals surface area (Å²) in [5, 5.41) is 20.7. The molecule has 4 heterocycles. The lowest BCUT2D eigenvalue weighted by molar-refractivity contribution is -0.137. The van der Waals surface area contributed by atoms with Crippen LogP contribution in [0.25, 0.3) is 0 Å². The van der Waals surface area contributed by atoms with E-state index in [0.717, 1.165) is 48.6 Å². The number of aromatic nitrogens is 4. The molecule has 0 spiro atoms. The molecule has 0 aliphatic carbocycles. The van der Waals surface area contributed by atoms with Gasteiger partial charge in [0.15, 0.2) is 11.5 Å². The fraction of sp³-hybridized carbons (Fsp3) is 0.391. The van der Waals surface area contributed by atoms with Gasteiger partial charge < -0.3 is 19.9 Å². The number of carbonyl (C=O) groups is 1. The summed E-state index contributed by atoms with van der Waals surface area (Å²) in [5.74, 6) is 2.69. The number of nitrogens with one attached hydrogen (secondary N) is 2. The van der Waals surface area contributed by atoms with Gasteiger partial charge in [-0.2, -0.15) is 0 Å². The third kappa shape index (κ3) is 5.22. The maximum atomic E-state index is 11.5. The highest BCUT2D eigenvalue weighted by atomic mass is 32.2. The van der Waals surface area contributed by atoms with Crippen molar-refractivity contribution in [3.8, 4) is 11.5 Å². The van der Waals surface area contributed by atoms with Crippen LogP contribution in [0.2, 0.25) is 0 Å². The van der Waals surface area contributed by atoms with Gasteiger partial charge in [0.1, 0.15) is 11.6 Å². The van der Waals surface area contributed by atoms with Crippen LogP contribution < -0.4 is 14.8 Å². The van der Waals surface area contributed by atoms with Crippen molar-refractivity contribution in [2.45, 2.75) is 43.2 Å². The molecule has 0 saturated heterocycles. The smallest absolute Gasteiger partial charge is 0.303 e. The van der Waals surface area contributed by atoms with Gasteiger partial charge in [-0.3, -0.25) is 9.89 Å². The molecule has 3 aromatic rings. The summed E-state index contributed by atoms with van der Waals surface area (Å²) in [6.45, 7) is 1.16. The predicted molar refractivity (Wildman–Crippen MR) is 123 cm³/mol. The summed E-state index contributed by atoms with van der Waals surface area (Å²) in [7, 11) is 0. The molecule has 2 aliphatic rings. The lowest BCUT2D eigenvalue weighted by Crippen LogP contribution is -2.14. The van der Waals surface area contributed by atoms with E-state index in [2.05, 4.69) is 32.6 Å². The largest absolute Gasteiger partial charge is 0.481 e. The number of thioether (sulfide) groups is 1. The minimum atomic E-state index is -0.862. The van der Waals surface area contributed by atoms with Gasteiger partial charge >= 0.3 is 5.97 Å². The van der Waals surface area contributed by atoms with E-state index in [1.807, 2.05) is 18.2 Å². The topological polar surface area (TPSA) is 122 Å². The zero-order valence-corrected chi connectivity index (χ0v) is 18.9. The van der Waals surface area contributed by atoms with Crippen molar-refractivity contribution in [2.75, 3.05) is 24.4 Å². The minimum absolute atomic E-state index is 0.0130. The van der Waals surface area contributed by atoms with E-state index in [4.69, 9.17) is 14.5 Å². The van der Waals surface area contributed by atoms with E-state index >= 15 is 0 Å². The molecule has 1 aromatic carbocycles. The molecule has 1 unspecified atom stereocenters. The number of carboxylic acids is 1. The van der Waals surface area contributed by atoms with Crippen molar-refractivity contribution in [1.29, 1.82) is 0 Å². The SMILES string of the molecule is O=C(O)CC(Cc1nc(SCCc2ccc3c(n2)NCCC3)n[nH]1)c1ccc2c(c1)OCO2. The number of aliphatic carboxylic acids is 1. The summed E-state index contributed by atoms with van der Waals surface area (Å²) in [6.07, 6.45) is 3.49. The van der Waals surface area contributed by atoms with Gasteiger partial charge in [0, 0.05) is 30.3 Å². The van der Waals surface area contributed by atoms with Crippen LogP contribution in [0.5, 0.6) is 11.5 Å². The first kappa shape index (κ1) is 21.6. The summed E-state index contributed by atoms with van der Waals surface area (Å²) in [6, 6.07) is 9.81. The van der Waals surface area contributed by atoms with Crippen LogP contribution in [-0.2, 0) is 24.1 Å². The molecule has 0 amide bonds. The Morgan fingerprint density at radius 2 is 2.09 bits per heavy atom. The van der Waals surface area contributed by atoms with Crippen molar-refractivity contribution in [1.82, 2.24) is 20.2 Å². The quantitative estimate of drug-likeness (QED) is 0.406. The molecule has 3 N–H and O–H groups in total. The van der Waals surface area contributed by atoms with E-state index in [0.29, 0.717) is 28.9 Å². The second kappa shape index (κ2) is 9.70. The third-order valence-electron chi connectivity index (χ3n) is 5.78. The van der Waals surface area contributed by atoms with Gasteiger partial charge in [-0.05, 0) is 48.6 Å². The number of fused-ring (bicyclic) bond motifs is 2. The van der Waals surface area contributed by atoms with Crippen molar-refractivity contribution >= 4 is 23.5 Å². The lowest BCUT2D eigenvalue weighted by atomic mass is 9.92. The van der Waals surface area contributed by atoms with Gasteiger partial charge in [0.05, 0.1) is 6.42 Å². The fourth-order valence-corrected chi connectivity index (χ4v) is 4.89. The van der Waals surface area contributed by atoms with Crippen molar-refractivity contribution in [3.05, 3.63) is 53.0 Å². The molecule has 0 radical (unpaired) electrons. The van der Waals surface area contributed by atoms with Crippen LogP contribution in [0.3, 0.4) is 0 Å². The Morgan fingerprint density at radius 3 is 3.00 bits per heavy atom. The molecular formula is C23H25N5O4S. The van der Waals surface area contributed by atoms with E-state index < -0.39 is 5.97 Å². The van der Waals surface area contributed by atoms with Crippen LogP contribution in [0.15, 0.2) is 35.5 Å². The molecule has 5 rings (SSSR count). The van der Waals surface area contributed by atoms with E-state index in [1.54, 1.807) is 11.8 Å². The van der Waals surface area contributed by atoms with Crippen LogP contribution in [0.1, 0.15) is 41.4 Å². The van der Waals surface area contributed by atoms with Crippen LogP contribution in [0.4, 0.5) is 5.82 Å². The zero-order chi connectivity index (χ0) is 22.6. The second-order valence-corrected chi connectivity index (χ2v) is 9.18. The first-order valence-electron chi connectivity index (χ1n) is 11.0. The Morgan fingerprint density at radius 1 is 1.18 bits per heavy atom. The Bertz CT molecular complexity index is 1150. The van der Waals surface area contributed by atoms with Gasteiger partial charge in [0.25, 0.3) is 0 Å². The summed E-state index contributed by atoms with van der Waals surface area (Å²) < 4.78 is 10.8. The molecule has 172 valence electrons. The number of hydrogen-bond donors (Lipinski definition) is 3. The molecule has 0 bridgehead atoms. The highest BCUT2D eigenvalue weighted by molar-refractivity contribution is 7.99. The number of aromatic amines is 1. The number of ether oxygens (including phenoxy) is 2. The van der Waals surface area contributed by atoms with E-state index in [9.17, 15) is 9.90 Å². The standard InChI is InChI=1S/C23H25N5O4S/c29-21(30)12-16(15-4-6-18-19(10-15)32-13-31-18)11-20-26-23(28-27-20)33-9-7-17-5-3-14-2-1-8-24-22(14)25-17/h3-6,10,16H,1-2,7-9,11-13H2,(H,24,25)(H,29,30)(H,26,27,28). The number of rotatable bonds is 9. The summed E-state index contributed by atoms with van der Waals surface area (Å²) in [5.41, 5.74) is 3.21. The van der Waals surface area contributed by atoms with Crippen LogP contribution in [-0.4, -0.2) is 50.3 Å². The Kier molecular flexibility index (Phi) is 6.34. The van der Waals surface area contributed by atoms with Crippen molar-refractivity contribution in [3.63, 3.8) is 0 Å². The maximum Gasteiger partial charge on any atom is 0.303 e. The second-order valence-electron chi connectivity index (χ2n) is 8.12. The number of benzene rings is 1. The number of carboxylic acid groups (broad SMARTS) is 1. The average molecular weight is 468 g/mol. The van der Waals surface area contributed by atoms with Crippen LogP contribution >= 0.6 is 11.8 Å². The Labute approximate surface area is 195 Å². The van der Waals surface area contributed by atoms with Crippen molar-refractivity contribution in [2.24, 2.45) is 0 Å². The molecule has 0 fully saturated rings. The Hall–Kier alpha value is -3.27. The minimum Gasteiger partial charge on any atom is -0.481 e. The summed E-state index contributed by atoms with van der Waals surface area (Å²) in [4.78, 5) is 20.8. The zero-order valence-electron chi connectivity index (χ0n) is 18.0. The van der Waals surface area contributed by atoms with Crippen LogP contribution in [0, 0.1) is 0 Å². The van der Waals surface area contributed by atoms with E-state index in [1.165, 1.54) is 5.56 Å². The average Bonchev–Trinajstić information content (AvgIpc) is 3.47. The van der Waals surface area contributed by atoms with Gasteiger partial charge in [-0.25, -0.2) is 9.97 Å². The molecule has 2 aliphatic heterocycles. The number of hydrogen-bond acceptors (Lipinski definition) is 8. The number of pyridine rings is 1. The highest BCUT2D eigenvalue weighted by Crippen LogP contribution is 2.36. The van der Waals surface area contributed by atoms with Gasteiger partial charge in [-0.15, -0.1) is 5.10 Å². The van der Waals surface area contributed by atoms with E-state index in [-0.39, 0.29) is 19.1 Å². The number of aryl methyl sites for hydroxylation is 2. The molecule has 2 aromatic heterocycles. The summed E-state index contributed by atoms with van der Waals surface area (Å²) >= 11 is 1.56. The number of anilines is 1. The normalized spacial score (nSPS) is 15.0. The first-order chi connectivity index (χ1) is 16.1. The molecule has 1 atom stereocenters. The van der Waals surface area contributed by atoms with Gasteiger partial charge in [0.2, 0.25) is 11.9 Å². The first-order valence-corrected chi connectivity index (χ1v) is 12.0. The lowest BCUT2D eigenvalue weighted by Gasteiger charge is -2.17. The number of H-pyrrole nitrogens is 1. The molecule has 9 nitrogen and oxygen atoms in total. The fourth-order valence-electron chi connectivity index (χ4n) is 4.11. The van der Waals surface area contributed by atoms with Crippen molar-refractivity contribution < 1.29 is 19.4 Å². The molecule has 33 heavy (non-hydrogen) atoms. The molecule has 0 saturated carbocycles. The van der Waals surface area contributed by atoms with Gasteiger partial charge in [-0.1, -0.05) is 23.9 Å². The number of nitrogens with zero attached hydrogens (tertiary/aromatic N) is 3. The molecule has 10 heteroatoms.